The van der Waals surface area contributed by atoms with Gasteiger partial charge in [0.15, 0.2) is 0 Å². The quantitative estimate of drug-likeness (QED) is 0.549. The van der Waals surface area contributed by atoms with Gasteiger partial charge in [0.25, 0.3) is 0 Å². The largest absolute Gasteiger partial charge is 0.376 e. The van der Waals surface area contributed by atoms with Crippen molar-refractivity contribution in [1.82, 2.24) is 10.2 Å². The van der Waals surface area contributed by atoms with Crippen LogP contribution in [0, 0.1) is 5.92 Å². The van der Waals surface area contributed by atoms with Crippen molar-refractivity contribution in [2.45, 2.75) is 26.8 Å². The maximum atomic E-state index is 5.56. The Morgan fingerprint density at radius 2 is 2.31 bits per heavy atom. The first kappa shape index (κ1) is 13.7. The fourth-order valence-electron chi connectivity index (χ4n) is 2.13. The first-order valence-electron chi connectivity index (χ1n) is 6.28. The van der Waals surface area contributed by atoms with Crippen LogP contribution in [-0.4, -0.2) is 50.3 Å². The molecule has 0 saturated carbocycles. The van der Waals surface area contributed by atoms with Gasteiger partial charge in [0, 0.05) is 32.2 Å². The van der Waals surface area contributed by atoms with Gasteiger partial charge in [-0.05, 0) is 12.8 Å². The van der Waals surface area contributed by atoms with Crippen molar-refractivity contribution >= 4 is 0 Å². The molecule has 3 nitrogen and oxygen atoms in total. The Hall–Kier alpha value is -0.380. The van der Waals surface area contributed by atoms with Crippen LogP contribution in [0.15, 0.2) is 12.2 Å². The van der Waals surface area contributed by atoms with Crippen LogP contribution in [0.3, 0.4) is 0 Å². The number of hydrogen-bond donors (Lipinski definition) is 1. The molecule has 0 aromatic rings. The zero-order chi connectivity index (χ0) is 12.0. The zero-order valence-corrected chi connectivity index (χ0v) is 11.0. The van der Waals surface area contributed by atoms with E-state index in [0.717, 1.165) is 38.4 Å². The SMILES string of the molecule is C=C(C)COCCN1CCNCC1C(C)C. The highest BCUT2D eigenvalue weighted by atomic mass is 16.5. The van der Waals surface area contributed by atoms with Crippen molar-refractivity contribution in [3.8, 4) is 0 Å². The second kappa shape index (κ2) is 7.05. The molecule has 0 amide bonds. The van der Waals surface area contributed by atoms with E-state index in [1.165, 1.54) is 0 Å². The van der Waals surface area contributed by atoms with Crippen LogP contribution in [0.5, 0.6) is 0 Å². The van der Waals surface area contributed by atoms with Gasteiger partial charge in [0.2, 0.25) is 0 Å². The number of nitrogens with one attached hydrogen (secondary N) is 1. The molecule has 0 bridgehead atoms. The standard InChI is InChI=1S/C13H26N2O/c1-11(2)10-16-8-7-15-6-5-14-9-13(15)12(3)4/h12-14H,1,5-10H2,2-4H3. The molecule has 94 valence electrons. The molecule has 0 spiro atoms. The predicted octanol–water partition coefficient (Wildman–Crippen LogP) is 1.51. The molecule has 1 heterocycles. The zero-order valence-electron chi connectivity index (χ0n) is 11.0. The van der Waals surface area contributed by atoms with E-state index in [1.54, 1.807) is 0 Å². The molecule has 1 fully saturated rings. The Labute approximate surface area is 99.8 Å². The Morgan fingerprint density at radius 3 is 2.94 bits per heavy atom. The molecule has 0 aromatic carbocycles. The Morgan fingerprint density at radius 1 is 1.56 bits per heavy atom. The van der Waals surface area contributed by atoms with Gasteiger partial charge in [0.1, 0.15) is 0 Å². The van der Waals surface area contributed by atoms with Gasteiger partial charge >= 0.3 is 0 Å². The minimum absolute atomic E-state index is 0.655. The average Bonchev–Trinajstić information content (AvgIpc) is 2.24. The maximum absolute atomic E-state index is 5.56. The summed E-state index contributed by atoms with van der Waals surface area (Å²) in [7, 11) is 0. The Balaban J connectivity index is 2.24. The lowest BCUT2D eigenvalue weighted by atomic mass is 10.0. The number of ether oxygens (including phenoxy) is 1. The first-order valence-corrected chi connectivity index (χ1v) is 6.28. The van der Waals surface area contributed by atoms with Crippen LogP contribution < -0.4 is 5.32 Å². The Kier molecular flexibility index (Phi) is 6.03. The maximum Gasteiger partial charge on any atom is 0.0672 e. The molecule has 1 saturated heterocycles. The summed E-state index contributed by atoms with van der Waals surface area (Å²) in [6.07, 6.45) is 0. The summed E-state index contributed by atoms with van der Waals surface area (Å²) < 4.78 is 5.56. The Bertz CT molecular complexity index is 216. The summed E-state index contributed by atoms with van der Waals surface area (Å²) >= 11 is 0. The van der Waals surface area contributed by atoms with Crippen LogP contribution in [0.1, 0.15) is 20.8 Å². The second-order valence-electron chi connectivity index (χ2n) is 5.06. The molecule has 16 heavy (non-hydrogen) atoms. The van der Waals surface area contributed by atoms with Crippen molar-refractivity contribution in [2.75, 3.05) is 39.4 Å². The highest BCUT2D eigenvalue weighted by Gasteiger charge is 2.24. The van der Waals surface area contributed by atoms with E-state index >= 15 is 0 Å². The minimum Gasteiger partial charge on any atom is -0.376 e. The lowest BCUT2D eigenvalue weighted by molar-refractivity contribution is 0.0710. The molecule has 1 rings (SSSR count). The molecule has 1 aliphatic heterocycles. The lowest BCUT2D eigenvalue weighted by Gasteiger charge is -2.38. The molecule has 0 aromatic heterocycles. The molecule has 1 unspecified atom stereocenters. The number of rotatable bonds is 6. The summed E-state index contributed by atoms with van der Waals surface area (Å²) in [5.41, 5.74) is 1.10. The third-order valence-electron chi connectivity index (χ3n) is 3.04. The summed E-state index contributed by atoms with van der Waals surface area (Å²) in [6, 6.07) is 0.655. The summed E-state index contributed by atoms with van der Waals surface area (Å²) in [5.74, 6) is 0.703. The van der Waals surface area contributed by atoms with E-state index in [0.29, 0.717) is 18.6 Å². The van der Waals surface area contributed by atoms with E-state index in [-0.39, 0.29) is 0 Å². The highest BCUT2D eigenvalue weighted by molar-refractivity contribution is 4.87. The van der Waals surface area contributed by atoms with E-state index in [2.05, 4.69) is 30.6 Å². The molecular formula is C13H26N2O. The smallest absolute Gasteiger partial charge is 0.0672 e. The predicted molar refractivity (Wildman–Crippen MR) is 68.7 cm³/mol. The van der Waals surface area contributed by atoms with Gasteiger partial charge in [-0.2, -0.15) is 0 Å². The summed E-state index contributed by atoms with van der Waals surface area (Å²) in [5, 5.41) is 3.46. The van der Waals surface area contributed by atoms with Gasteiger partial charge < -0.3 is 10.1 Å². The van der Waals surface area contributed by atoms with E-state index in [4.69, 9.17) is 4.74 Å². The molecule has 1 N–H and O–H groups in total. The number of piperazine rings is 1. The fourth-order valence-corrected chi connectivity index (χ4v) is 2.13. The third-order valence-corrected chi connectivity index (χ3v) is 3.04. The molecule has 0 aliphatic carbocycles. The van der Waals surface area contributed by atoms with Crippen molar-refractivity contribution in [1.29, 1.82) is 0 Å². The number of hydrogen-bond acceptors (Lipinski definition) is 3. The van der Waals surface area contributed by atoms with E-state index in [1.807, 2.05) is 6.92 Å². The molecular weight excluding hydrogens is 200 g/mol. The van der Waals surface area contributed by atoms with Crippen LogP contribution in [0.25, 0.3) is 0 Å². The fraction of sp³-hybridized carbons (Fsp3) is 0.846. The average molecular weight is 226 g/mol. The lowest BCUT2D eigenvalue weighted by Crippen LogP contribution is -2.54. The second-order valence-corrected chi connectivity index (χ2v) is 5.06. The minimum atomic E-state index is 0.655. The molecule has 0 radical (unpaired) electrons. The van der Waals surface area contributed by atoms with Crippen LogP contribution in [0.2, 0.25) is 0 Å². The topological polar surface area (TPSA) is 24.5 Å². The van der Waals surface area contributed by atoms with E-state index < -0.39 is 0 Å². The highest BCUT2D eigenvalue weighted by Crippen LogP contribution is 2.12. The number of nitrogens with zero attached hydrogens (tertiary/aromatic N) is 1. The van der Waals surface area contributed by atoms with E-state index in [9.17, 15) is 0 Å². The molecule has 3 heteroatoms. The van der Waals surface area contributed by atoms with Crippen LogP contribution >= 0.6 is 0 Å². The van der Waals surface area contributed by atoms with Gasteiger partial charge in [-0.3, -0.25) is 4.90 Å². The van der Waals surface area contributed by atoms with Crippen molar-refractivity contribution in [2.24, 2.45) is 5.92 Å². The van der Waals surface area contributed by atoms with Gasteiger partial charge in [-0.1, -0.05) is 26.0 Å². The third kappa shape index (κ3) is 4.64. The van der Waals surface area contributed by atoms with Gasteiger partial charge in [0.05, 0.1) is 13.2 Å². The van der Waals surface area contributed by atoms with Crippen molar-refractivity contribution in [3.05, 3.63) is 12.2 Å². The molecule has 1 atom stereocenters. The van der Waals surface area contributed by atoms with Gasteiger partial charge in [-0.15, -0.1) is 0 Å². The van der Waals surface area contributed by atoms with Crippen molar-refractivity contribution in [3.63, 3.8) is 0 Å². The van der Waals surface area contributed by atoms with Crippen LogP contribution in [0.4, 0.5) is 0 Å². The molecule has 1 aliphatic rings. The van der Waals surface area contributed by atoms with Gasteiger partial charge in [-0.25, -0.2) is 0 Å². The van der Waals surface area contributed by atoms with Crippen molar-refractivity contribution < 1.29 is 4.74 Å². The monoisotopic (exact) mass is 226 g/mol. The normalized spacial score (nSPS) is 22.6. The van der Waals surface area contributed by atoms with Crippen LogP contribution in [-0.2, 0) is 4.74 Å². The first-order chi connectivity index (χ1) is 7.61. The summed E-state index contributed by atoms with van der Waals surface area (Å²) in [6.45, 7) is 16.3. The summed E-state index contributed by atoms with van der Waals surface area (Å²) in [4.78, 5) is 2.54.